The molecular formula is C11H6NY-. The Hall–Kier alpha value is -0.706. The zero-order valence-electron chi connectivity index (χ0n) is 6.99. The van der Waals surface area contributed by atoms with Crippen LogP contribution >= 0.6 is 0 Å². The van der Waals surface area contributed by atoms with E-state index in [4.69, 9.17) is 6.57 Å². The van der Waals surface area contributed by atoms with Gasteiger partial charge < -0.3 is 0 Å². The first-order chi connectivity index (χ1) is 5.92. The Balaban J connectivity index is 0.000000845. The van der Waals surface area contributed by atoms with Crippen LogP contribution in [-0.2, 0) is 32.7 Å². The van der Waals surface area contributed by atoms with Gasteiger partial charge in [-0.15, -0.1) is 35.7 Å². The van der Waals surface area contributed by atoms with E-state index in [0.29, 0.717) is 5.69 Å². The summed E-state index contributed by atoms with van der Waals surface area (Å²) in [5, 5.41) is 1.99. The molecular weight excluding hydrogens is 235 g/mol. The van der Waals surface area contributed by atoms with Gasteiger partial charge >= 0.3 is 0 Å². The Labute approximate surface area is 102 Å². The summed E-state index contributed by atoms with van der Waals surface area (Å²) in [7, 11) is 0. The van der Waals surface area contributed by atoms with Gasteiger partial charge in [0.1, 0.15) is 5.69 Å². The van der Waals surface area contributed by atoms with Crippen LogP contribution in [0.25, 0.3) is 15.6 Å². The minimum Gasteiger partial charge on any atom is -0.258 e. The zero-order chi connectivity index (χ0) is 8.39. The van der Waals surface area contributed by atoms with Gasteiger partial charge in [-0.2, -0.15) is 11.5 Å². The van der Waals surface area contributed by atoms with Gasteiger partial charge in [-0.05, 0) is 0 Å². The summed E-state index contributed by atoms with van der Waals surface area (Å²) < 4.78 is 0. The van der Waals surface area contributed by atoms with Gasteiger partial charge in [0.05, 0.1) is 6.57 Å². The summed E-state index contributed by atoms with van der Waals surface area (Å²) in [6.45, 7) is 6.94. The molecule has 0 heterocycles. The van der Waals surface area contributed by atoms with Gasteiger partial charge in [-0.25, -0.2) is 0 Å². The summed E-state index contributed by atoms with van der Waals surface area (Å²) in [6, 6.07) is 14.4. The van der Waals surface area contributed by atoms with Crippen molar-refractivity contribution in [3.63, 3.8) is 0 Å². The van der Waals surface area contributed by atoms with Crippen molar-refractivity contribution in [3.05, 3.63) is 53.9 Å². The average molecular weight is 241 g/mol. The van der Waals surface area contributed by atoms with Crippen molar-refractivity contribution in [1.82, 2.24) is 0 Å². The first-order valence-corrected chi connectivity index (χ1v) is 3.69. The molecule has 0 aromatic heterocycles. The molecule has 0 fully saturated rings. The van der Waals surface area contributed by atoms with E-state index in [2.05, 4.69) is 10.9 Å². The number of nitrogens with zero attached hydrogens (tertiary/aromatic N) is 1. The van der Waals surface area contributed by atoms with Crippen molar-refractivity contribution in [2.24, 2.45) is 0 Å². The van der Waals surface area contributed by atoms with Crippen molar-refractivity contribution < 1.29 is 32.7 Å². The van der Waals surface area contributed by atoms with Gasteiger partial charge in [-0.1, -0.05) is 6.07 Å². The molecule has 0 amide bonds. The molecule has 1 radical (unpaired) electrons. The second-order valence-electron chi connectivity index (χ2n) is 2.52. The molecule has 0 bridgehead atoms. The van der Waals surface area contributed by atoms with Crippen LogP contribution in [-0.4, -0.2) is 0 Å². The Morgan fingerprint density at radius 1 is 1.15 bits per heavy atom. The smallest absolute Gasteiger partial charge is 0.115 e. The number of rotatable bonds is 0. The van der Waals surface area contributed by atoms with E-state index < -0.39 is 0 Å². The van der Waals surface area contributed by atoms with Crippen molar-refractivity contribution in [2.75, 3.05) is 0 Å². The van der Waals surface area contributed by atoms with Gasteiger partial charge in [-0.3, -0.25) is 4.85 Å². The maximum absolute atomic E-state index is 6.94. The first kappa shape index (κ1) is 10.4. The largest absolute Gasteiger partial charge is 0.258 e. The van der Waals surface area contributed by atoms with Gasteiger partial charge in [0.15, 0.2) is 0 Å². The Morgan fingerprint density at radius 3 is 2.69 bits per heavy atom. The molecule has 13 heavy (non-hydrogen) atoms. The second-order valence-corrected chi connectivity index (χ2v) is 2.52. The van der Waals surface area contributed by atoms with Crippen LogP contribution in [0, 0.1) is 12.6 Å². The average Bonchev–Trinajstić information content (AvgIpc) is 2.17. The number of hydrogen-bond acceptors (Lipinski definition) is 0. The van der Waals surface area contributed by atoms with Crippen molar-refractivity contribution in [2.45, 2.75) is 0 Å². The predicted molar refractivity (Wildman–Crippen MR) is 49.0 cm³/mol. The third-order valence-electron chi connectivity index (χ3n) is 1.80. The molecule has 0 aliphatic heterocycles. The van der Waals surface area contributed by atoms with Gasteiger partial charge in [0, 0.05) is 32.7 Å². The minimum absolute atomic E-state index is 0. The number of benzene rings is 2. The molecule has 2 aromatic carbocycles. The fourth-order valence-electron chi connectivity index (χ4n) is 1.23. The molecule has 1 nitrogen and oxygen atoms in total. The maximum atomic E-state index is 6.94. The Kier molecular flexibility index (Phi) is 3.60. The molecule has 0 N–H and O–H groups in total. The topological polar surface area (TPSA) is 4.36 Å². The normalized spacial score (nSPS) is 8.85. The molecule has 0 aliphatic carbocycles. The summed E-state index contributed by atoms with van der Waals surface area (Å²) in [4.78, 5) is 3.43. The molecule has 0 spiro atoms. The SMILES string of the molecule is [C-]#[N+]c1cc[c-]c2ccccc12.[Y]. The van der Waals surface area contributed by atoms with Crippen molar-refractivity contribution in [1.29, 1.82) is 0 Å². The fraction of sp³-hybridized carbons (Fsp3) is 0. The molecule has 0 aliphatic rings. The second kappa shape index (κ2) is 4.51. The zero-order valence-corrected chi connectivity index (χ0v) is 9.83. The van der Waals surface area contributed by atoms with Crippen LogP contribution in [0.2, 0.25) is 0 Å². The van der Waals surface area contributed by atoms with E-state index in [9.17, 15) is 0 Å². The van der Waals surface area contributed by atoms with E-state index in [1.165, 1.54) is 0 Å². The molecule has 0 unspecified atom stereocenters. The third kappa shape index (κ3) is 1.96. The Bertz CT molecular complexity index is 452. The van der Waals surface area contributed by atoms with E-state index in [-0.39, 0.29) is 32.7 Å². The molecule has 59 valence electrons. The van der Waals surface area contributed by atoms with E-state index >= 15 is 0 Å². The quantitative estimate of drug-likeness (QED) is 0.624. The van der Waals surface area contributed by atoms with E-state index in [0.717, 1.165) is 10.8 Å². The number of hydrogen-bond donors (Lipinski definition) is 0. The summed E-state index contributed by atoms with van der Waals surface area (Å²) in [5.74, 6) is 0. The molecule has 0 atom stereocenters. The van der Waals surface area contributed by atoms with Gasteiger partial charge in [0.25, 0.3) is 0 Å². The first-order valence-electron chi connectivity index (χ1n) is 3.69. The molecule has 2 aromatic rings. The van der Waals surface area contributed by atoms with E-state index in [1.54, 1.807) is 12.1 Å². The summed E-state index contributed by atoms with van der Waals surface area (Å²) >= 11 is 0. The number of fused-ring (bicyclic) bond motifs is 1. The van der Waals surface area contributed by atoms with Crippen molar-refractivity contribution in [3.8, 4) is 0 Å². The predicted octanol–water partition coefficient (Wildman–Crippen LogP) is 3.19. The van der Waals surface area contributed by atoms with Gasteiger partial charge in [0.2, 0.25) is 0 Å². The molecule has 2 heteroatoms. The van der Waals surface area contributed by atoms with Crippen LogP contribution in [0.4, 0.5) is 5.69 Å². The maximum Gasteiger partial charge on any atom is 0.115 e. The van der Waals surface area contributed by atoms with Crippen LogP contribution in [0.15, 0.2) is 36.4 Å². The molecule has 0 saturated heterocycles. The monoisotopic (exact) mass is 241 g/mol. The minimum atomic E-state index is 0. The fourth-order valence-corrected chi connectivity index (χ4v) is 1.23. The Morgan fingerprint density at radius 2 is 1.92 bits per heavy atom. The van der Waals surface area contributed by atoms with E-state index in [1.807, 2.05) is 24.3 Å². The van der Waals surface area contributed by atoms with Crippen LogP contribution in [0.3, 0.4) is 0 Å². The standard InChI is InChI=1S/C11H6N.Y/c1-12-11-8-4-6-9-5-2-3-7-10(9)11;/h2-5,7-8H;/q-1;. The van der Waals surface area contributed by atoms with Crippen molar-refractivity contribution >= 4 is 16.5 Å². The van der Waals surface area contributed by atoms with Crippen LogP contribution < -0.4 is 0 Å². The molecule has 0 saturated carbocycles. The van der Waals surface area contributed by atoms with Crippen LogP contribution in [0.5, 0.6) is 0 Å². The summed E-state index contributed by atoms with van der Waals surface area (Å²) in [6.07, 6.45) is 0. The van der Waals surface area contributed by atoms with Crippen LogP contribution in [0.1, 0.15) is 0 Å². The molecule has 2 rings (SSSR count). The third-order valence-corrected chi connectivity index (χ3v) is 1.80. The summed E-state index contributed by atoms with van der Waals surface area (Å²) in [5.41, 5.74) is 0.698.